The van der Waals surface area contributed by atoms with Crippen molar-refractivity contribution in [1.82, 2.24) is 15.2 Å². The third-order valence-corrected chi connectivity index (χ3v) is 15.4. The summed E-state index contributed by atoms with van der Waals surface area (Å²) in [6.07, 6.45) is 14.9. The summed E-state index contributed by atoms with van der Waals surface area (Å²) < 4.78 is 33.0. The van der Waals surface area contributed by atoms with Gasteiger partial charge in [0, 0.05) is 76.0 Å². The minimum absolute atomic E-state index is 0.0113. The van der Waals surface area contributed by atoms with Crippen LogP contribution >= 0.6 is 46.4 Å². The second-order valence-corrected chi connectivity index (χ2v) is 21.3. The molecule has 11 rings (SSSR count). The molecule has 17 heteroatoms. The van der Waals surface area contributed by atoms with E-state index >= 15 is 0 Å². The van der Waals surface area contributed by atoms with Crippen LogP contribution in [0.5, 0.6) is 0 Å². The molecular weight excluding hydrogens is 1050 g/mol. The first-order chi connectivity index (χ1) is 36.8. The van der Waals surface area contributed by atoms with Crippen molar-refractivity contribution in [3.05, 3.63) is 204 Å². The molecule has 0 aliphatic carbocycles. The number of piperidine rings is 2. The standard InChI is InChI=1S/C28H27Cl2FN4O.C21H23ClFN3.C6H4ClNO.C4H8O/c29-21-5-3-20(4-6-21)2-1-15-34-16-13-28(14-17-34)19-35(26-12-9-23(31)18-25(26)28)33-27(36)32-24-10-7-22(30)8-11-24;22-17-5-3-16(4-6-17)2-1-11-25-12-9-21(10-13-25)15-26(24)20-8-7-18(23)14-19(20)21;7-5-1-3-6(8-9)4-2-5;1-2-4-5-3-1/h1-12,18H,13-17,19H2,(H2,32,33,36);1-8,14H,9-13,15,24H2;1-4H;1-4H2/b2*2-1+;;. The Balaban J connectivity index is 0.000000165. The molecule has 5 aliphatic heterocycles. The van der Waals surface area contributed by atoms with Gasteiger partial charge in [-0.15, -0.1) is 4.91 Å². The van der Waals surface area contributed by atoms with Crippen LogP contribution in [0.4, 0.5) is 36.3 Å². The highest BCUT2D eigenvalue weighted by Crippen LogP contribution is 2.48. The molecule has 5 heterocycles. The van der Waals surface area contributed by atoms with E-state index in [0.717, 1.165) is 128 Å². The molecule has 4 N–H and O–H groups in total. The van der Waals surface area contributed by atoms with E-state index in [4.69, 9.17) is 57.0 Å². The fraction of sp³-hybridized carbons (Fsp3) is 0.305. The van der Waals surface area contributed by atoms with Crippen molar-refractivity contribution in [1.29, 1.82) is 0 Å². The first kappa shape index (κ1) is 56.3. The van der Waals surface area contributed by atoms with Crippen LogP contribution in [-0.2, 0) is 15.6 Å². The Morgan fingerprint density at radius 1 is 0.605 bits per heavy atom. The fourth-order valence-corrected chi connectivity index (χ4v) is 10.8. The van der Waals surface area contributed by atoms with Crippen LogP contribution in [0.1, 0.15) is 60.8 Å². The molecule has 5 aliphatic rings. The van der Waals surface area contributed by atoms with Crippen molar-refractivity contribution < 1.29 is 18.3 Å². The van der Waals surface area contributed by atoms with Crippen LogP contribution in [-0.4, -0.2) is 81.4 Å². The molecule has 0 atom stereocenters. The molecule has 0 unspecified atom stereocenters. The Kier molecular flexibility index (Phi) is 20.0. The van der Waals surface area contributed by atoms with Crippen LogP contribution in [0.3, 0.4) is 0 Å². The van der Waals surface area contributed by atoms with E-state index in [1.807, 2.05) is 53.5 Å². The molecule has 3 fully saturated rings. The number of benzene rings is 6. The number of likely N-dealkylation sites (tertiary alicyclic amines) is 2. The lowest BCUT2D eigenvalue weighted by molar-refractivity contribution is 0.179. The highest BCUT2D eigenvalue weighted by atomic mass is 35.5. The van der Waals surface area contributed by atoms with Gasteiger partial charge in [0.25, 0.3) is 0 Å². The average molecular weight is 1110 g/mol. The van der Waals surface area contributed by atoms with E-state index in [2.05, 4.69) is 50.0 Å². The van der Waals surface area contributed by atoms with Crippen molar-refractivity contribution in [3.63, 3.8) is 0 Å². The highest BCUT2D eigenvalue weighted by Gasteiger charge is 2.46. The van der Waals surface area contributed by atoms with Crippen molar-refractivity contribution in [2.75, 3.05) is 80.9 Å². The number of carbonyl (C=O) groups is 1. The van der Waals surface area contributed by atoms with Crippen molar-refractivity contribution >= 4 is 87.3 Å². The zero-order valence-corrected chi connectivity index (χ0v) is 45.2. The molecule has 0 aromatic heterocycles. The number of anilines is 3. The Hall–Kier alpha value is -5.87. The Morgan fingerprint density at radius 3 is 1.50 bits per heavy atom. The van der Waals surface area contributed by atoms with E-state index in [-0.39, 0.29) is 28.5 Å². The largest absolute Gasteiger partial charge is 0.381 e. The molecule has 0 saturated carbocycles. The molecule has 2 amide bonds. The van der Waals surface area contributed by atoms with E-state index in [1.54, 1.807) is 77.8 Å². The summed E-state index contributed by atoms with van der Waals surface area (Å²) in [7, 11) is 0. The molecule has 398 valence electrons. The maximum atomic E-state index is 14.3. The monoisotopic (exact) mass is 1110 g/mol. The third kappa shape index (κ3) is 15.4. The minimum atomic E-state index is -0.352. The summed E-state index contributed by atoms with van der Waals surface area (Å²) in [6.45, 7) is 8.93. The van der Waals surface area contributed by atoms with Crippen molar-refractivity contribution in [2.45, 2.75) is 49.4 Å². The molecule has 11 nitrogen and oxygen atoms in total. The minimum Gasteiger partial charge on any atom is -0.381 e. The second kappa shape index (κ2) is 26.9. The average Bonchev–Trinajstić information content (AvgIpc) is 4.25. The van der Waals surface area contributed by atoms with E-state index in [1.165, 1.54) is 25.0 Å². The van der Waals surface area contributed by atoms with Crippen molar-refractivity contribution in [3.8, 4) is 0 Å². The van der Waals surface area contributed by atoms with Gasteiger partial charge in [-0.2, -0.15) is 0 Å². The molecule has 0 bridgehead atoms. The number of urea groups is 1. The number of amides is 2. The Morgan fingerprint density at radius 2 is 1.04 bits per heavy atom. The Bertz CT molecular complexity index is 2900. The predicted octanol–water partition coefficient (Wildman–Crippen LogP) is 14.5. The zero-order chi connectivity index (χ0) is 53.5. The van der Waals surface area contributed by atoms with E-state index in [9.17, 15) is 18.5 Å². The number of nitrogens with two attached hydrogens (primary N) is 1. The SMILES string of the molecule is C1CCOC1.NN1CC2(CCN(C/C=C/c3ccc(Cl)cc3)CC2)c2cc(F)ccc21.O=C(Nc1ccc(Cl)cc1)NN1CC2(CCN(C/C=C/c3ccc(Cl)cc3)CC2)c2cc(F)ccc21.O=Nc1ccc(Cl)cc1. The van der Waals surface area contributed by atoms with Crippen LogP contribution < -0.4 is 26.6 Å². The lowest BCUT2D eigenvalue weighted by atomic mass is 9.74. The van der Waals surface area contributed by atoms with E-state index < -0.39 is 0 Å². The van der Waals surface area contributed by atoms with Gasteiger partial charge in [-0.25, -0.2) is 24.8 Å². The number of rotatable bonds is 9. The second-order valence-electron chi connectivity index (χ2n) is 19.6. The summed E-state index contributed by atoms with van der Waals surface area (Å²) in [5.74, 6) is 5.74. The predicted molar refractivity (Wildman–Crippen MR) is 308 cm³/mol. The molecule has 76 heavy (non-hydrogen) atoms. The normalized spacial score (nSPS) is 17.3. The van der Waals surface area contributed by atoms with Gasteiger partial charge >= 0.3 is 6.03 Å². The van der Waals surface area contributed by atoms with Gasteiger partial charge < -0.3 is 15.1 Å². The number of hydrogen-bond acceptors (Lipinski definition) is 9. The molecule has 0 radical (unpaired) electrons. The molecule has 6 aromatic carbocycles. The third-order valence-electron chi connectivity index (χ3n) is 14.4. The number of nitrogens with one attached hydrogen (secondary N) is 2. The van der Waals surface area contributed by atoms with E-state index in [0.29, 0.717) is 28.0 Å². The topological polar surface area (TPSA) is 119 Å². The number of hydrazine groups is 2. The number of nitroso groups, excluding NO2 is 1. The van der Waals surface area contributed by atoms with Gasteiger partial charge in [-0.05, 0) is 201 Å². The van der Waals surface area contributed by atoms with Gasteiger partial charge in [-0.1, -0.05) is 95.0 Å². The van der Waals surface area contributed by atoms with Gasteiger partial charge in [0.1, 0.15) is 17.3 Å². The van der Waals surface area contributed by atoms with Crippen LogP contribution in [0.25, 0.3) is 12.2 Å². The maximum Gasteiger partial charge on any atom is 0.338 e. The first-order valence-corrected chi connectivity index (χ1v) is 27.0. The Labute approximate surface area is 464 Å². The summed E-state index contributed by atoms with van der Waals surface area (Å²) in [5.41, 5.74) is 9.91. The summed E-state index contributed by atoms with van der Waals surface area (Å²) in [5, 5.41) is 11.9. The van der Waals surface area contributed by atoms with Gasteiger partial charge in [0.2, 0.25) is 0 Å². The number of fused-ring (bicyclic) bond motifs is 4. The van der Waals surface area contributed by atoms with Gasteiger partial charge in [0.15, 0.2) is 0 Å². The lowest BCUT2D eigenvalue weighted by Gasteiger charge is -2.39. The number of nitrogens with zero attached hydrogens (tertiary/aromatic N) is 5. The zero-order valence-electron chi connectivity index (χ0n) is 42.1. The number of carbonyl (C=O) groups excluding carboxylic acids is 1. The van der Waals surface area contributed by atoms with Crippen LogP contribution in [0.2, 0.25) is 20.1 Å². The summed E-state index contributed by atoms with van der Waals surface area (Å²) >= 11 is 23.3. The number of ether oxygens (including phenoxy) is 1. The van der Waals surface area contributed by atoms with Gasteiger partial charge in [-0.3, -0.25) is 14.8 Å². The number of hydrogen-bond donors (Lipinski definition) is 3. The summed E-state index contributed by atoms with van der Waals surface area (Å²) in [4.78, 5) is 27.4. The van der Waals surface area contributed by atoms with Crippen molar-refractivity contribution in [2.24, 2.45) is 11.0 Å². The molecule has 6 aromatic rings. The molecule has 3 saturated heterocycles. The van der Waals surface area contributed by atoms with Crippen LogP contribution in [0, 0.1) is 16.5 Å². The highest BCUT2D eigenvalue weighted by molar-refractivity contribution is 6.31. The van der Waals surface area contributed by atoms with Crippen LogP contribution in [0.15, 0.2) is 151 Å². The van der Waals surface area contributed by atoms with Gasteiger partial charge in [0.05, 0.1) is 11.4 Å². The lowest BCUT2D eigenvalue weighted by Crippen LogP contribution is -2.49. The smallest absolute Gasteiger partial charge is 0.338 e. The molecule has 2 spiro atoms. The fourth-order valence-electron chi connectivity index (χ4n) is 10.3. The molecular formula is C59H62Cl4F2N8O3. The quantitative estimate of drug-likeness (QED) is 0.0968. The summed E-state index contributed by atoms with van der Waals surface area (Å²) in [6, 6.07) is 38.4. The number of halogens is 6. The maximum absolute atomic E-state index is 14.3. The first-order valence-electron chi connectivity index (χ1n) is 25.5.